The minimum Gasteiger partial charge on any atom is -0.493 e. The van der Waals surface area contributed by atoms with Crippen LogP contribution in [0.4, 0.5) is 0 Å². The molecule has 4 nitrogen and oxygen atoms in total. The highest BCUT2D eigenvalue weighted by molar-refractivity contribution is 7.13. The van der Waals surface area contributed by atoms with E-state index in [2.05, 4.69) is 17.3 Å². The van der Waals surface area contributed by atoms with Gasteiger partial charge in [-0.2, -0.15) is 0 Å². The first-order valence-electron chi connectivity index (χ1n) is 9.09. The molecule has 1 saturated carbocycles. The third-order valence-electron chi connectivity index (χ3n) is 5.04. The Labute approximate surface area is 154 Å². The second kappa shape index (κ2) is 8.68. The van der Waals surface area contributed by atoms with Gasteiger partial charge in [0, 0.05) is 18.0 Å². The number of ether oxygens (including phenoxy) is 2. The number of aromatic nitrogens is 1. The molecule has 0 spiro atoms. The topological polar surface area (TPSA) is 34.6 Å². The monoisotopic (exact) mass is 360 g/mol. The maximum absolute atomic E-state index is 5.55. The summed E-state index contributed by atoms with van der Waals surface area (Å²) >= 11 is 1.67. The minimum atomic E-state index is 0.694. The molecular formula is C20H28N2O2S. The SMILES string of the molecule is COc1cccc(-c2nc(CN(C)C3CCCCCC3)cs2)c1OC. The average molecular weight is 361 g/mol. The molecule has 0 bridgehead atoms. The van der Waals surface area contributed by atoms with Crippen LogP contribution in [0.25, 0.3) is 10.6 Å². The summed E-state index contributed by atoms with van der Waals surface area (Å²) in [6, 6.07) is 6.63. The molecule has 5 heteroatoms. The van der Waals surface area contributed by atoms with E-state index in [1.54, 1.807) is 25.6 Å². The Balaban J connectivity index is 1.74. The molecule has 0 amide bonds. The summed E-state index contributed by atoms with van der Waals surface area (Å²) in [5.41, 5.74) is 2.13. The lowest BCUT2D eigenvalue weighted by Gasteiger charge is -2.26. The summed E-state index contributed by atoms with van der Waals surface area (Å²) in [6.07, 6.45) is 8.13. The van der Waals surface area contributed by atoms with Gasteiger partial charge in [-0.25, -0.2) is 4.98 Å². The molecule has 3 rings (SSSR count). The average Bonchev–Trinajstić information content (AvgIpc) is 2.92. The van der Waals surface area contributed by atoms with Crippen LogP contribution in [0.15, 0.2) is 23.6 Å². The maximum atomic E-state index is 5.55. The molecule has 1 aliphatic carbocycles. The smallest absolute Gasteiger partial charge is 0.170 e. The van der Waals surface area contributed by atoms with Crippen LogP contribution >= 0.6 is 11.3 Å². The third-order valence-corrected chi connectivity index (χ3v) is 5.97. The number of nitrogens with zero attached hydrogens (tertiary/aromatic N) is 2. The quantitative estimate of drug-likeness (QED) is 0.680. The molecular weight excluding hydrogens is 332 g/mol. The Morgan fingerprint density at radius 2 is 1.88 bits per heavy atom. The fourth-order valence-corrected chi connectivity index (χ4v) is 4.47. The van der Waals surface area contributed by atoms with Crippen molar-refractivity contribution in [2.45, 2.75) is 51.1 Å². The van der Waals surface area contributed by atoms with Gasteiger partial charge in [-0.05, 0) is 32.0 Å². The number of benzene rings is 1. The summed E-state index contributed by atoms with van der Waals surface area (Å²) in [6.45, 7) is 0.910. The molecule has 1 aromatic carbocycles. The Morgan fingerprint density at radius 1 is 1.12 bits per heavy atom. The van der Waals surface area contributed by atoms with Gasteiger partial charge in [-0.3, -0.25) is 4.90 Å². The first-order chi connectivity index (χ1) is 12.2. The van der Waals surface area contributed by atoms with Gasteiger partial charge in [0.15, 0.2) is 11.5 Å². The first kappa shape index (κ1) is 18.2. The first-order valence-corrected chi connectivity index (χ1v) is 9.97. The van der Waals surface area contributed by atoms with Crippen LogP contribution in [0.3, 0.4) is 0 Å². The number of hydrogen-bond acceptors (Lipinski definition) is 5. The summed E-state index contributed by atoms with van der Waals surface area (Å²) in [5, 5.41) is 3.15. The summed E-state index contributed by atoms with van der Waals surface area (Å²) in [4.78, 5) is 7.34. The highest BCUT2D eigenvalue weighted by Crippen LogP contribution is 2.39. The Hall–Kier alpha value is -1.59. The van der Waals surface area contributed by atoms with Crippen LogP contribution in [-0.4, -0.2) is 37.2 Å². The Bertz CT molecular complexity index is 678. The Kier molecular flexibility index (Phi) is 6.32. The van der Waals surface area contributed by atoms with Crippen molar-refractivity contribution < 1.29 is 9.47 Å². The number of hydrogen-bond donors (Lipinski definition) is 0. The van der Waals surface area contributed by atoms with Crippen molar-refractivity contribution in [1.82, 2.24) is 9.88 Å². The summed E-state index contributed by atoms with van der Waals surface area (Å²) in [5.74, 6) is 1.50. The fourth-order valence-electron chi connectivity index (χ4n) is 3.64. The van der Waals surface area contributed by atoms with Gasteiger partial charge in [-0.15, -0.1) is 11.3 Å². The highest BCUT2D eigenvalue weighted by atomic mass is 32.1. The van der Waals surface area contributed by atoms with Gasteiger partial charge < -0.3 is 9.47 Å². The number of rotatable bonds is 6. The zero-order valence-corrected chi connectivity index (χ0v) is 16.3. The van der Waals surface area contributed by atoms with Crippen molar-refractivity contribution in [2.24, 2.45) is 0 Å². The molecule has 0 unspecified atom stereocenters. The summed E-state index contributed by atoms with van der Waals surface area (Å²) < 4.78 is 11.0. The molecule has 0 atom stereocenters. The van der Waals surface area contributed by atoms with Crippen LogP contribution < -0.4 is 9.47 Å². The standard InChI is InChI=1S/C20H28N2O2S/c1-22(16-9-6-4-5-7-10-16)13-15-14-25-20(21-15)17-11-8-12-18(23-2)19(17)24-3/h8,11-12,14,16H,4-7,9-10,13H2,1-3H3. The van der Waals surface area contributed by atoms with Crippen molar-refractivity contribution >= 4 is 11.3 Å². The van der Waals surface area contributed by atoms with Crippen LogP contribution in [0.1, 0.15) is 44.2 Å². The predicted molar refractivity (Wildman–Crippen MR) is 104 cm³/mol. The fraction of sp³-hybridized carbons (Fsp3) is 0.550. The predicted octanol–water partition coefficient (Wildman–Crippen LogP) is 4.98. The molecule has 2 aromatic rings. The molecule has 1 heterocycles. The van der Waals surface area contributed by atoms with Gasteiger partial charge >= 0.3 is 0 Å². The van der Waals surface area contributed by atoms with Crippen molar-refractivity contribution in [3.05, 3.63) is 29.3 Å². The van der Waals surface area contributed by atoms with E-state index in [9.17, 15) is 0 Å². The van der Waals surface area contributed by atoms with Gasteiger partial charge in [0.25, 0.3) is 0 Å². The third kappa shape index (κ3) is 4.33. The van der Waals surface area contributed by atoms with E-state index in [0.29, 0.717) is 6.04 Å². The normalized spacial score (nSPS) is 16.0. The van der Waals surface area contributed by atoms with E-state index in [0.717, 1.165) is 34.3 Å². The molecule has 0 aliphatic heterocycles. The second-order valence-electron chi connectivity index (χ2n) is 6.75. The van der Waals surface area contributed by atoms with Crippen molar-refractivity contribution in [3.63, 3.8) is 0 Å². The van der Waals surface area contributed by atoms with Gasteiger partial charge in [0.2, 0.25) is 0 Å². The van der Waals surface area contributed by atoms with E-state index in [1.165, 1.54) is 38.5 Å². The van der Waals surface area contributed by atoms with E-state index >= 15 is 0 Å². The maximum Gasteiger partial charge on any atom is 0.170 e. The van der Waals surface area contributed by atoms with Crippen LogP contribution in [0.2, 0.25) is 0 Å². The molecule has 25 heavy (non-hydrogen) atoms. The van der Waals surface area contributed by atoms with Gasteiger partial charge in [0.05, 0.1) is 25.5 Å². The van der Waals surface area contributed by atoms with Crippen LogP contribution in [0, 0.1) is 0 Å². The largest absolute Gasteiger partial charge is 0.493 e. The molecule has 1 fully saturated rings. The molecule has 1 aromatic heterocycles. The molecule has 0 saturated heterocycles. The van der Waals surface area contributed by atoms with E-state index < -0.39 is 0 Å². The van der Waals surface area contributed by atoms with Crippen molar-refractivity contribution in [1.29, 1.82) is 0 Å². The minimum absolute atomic E-state index is 0.694. The molecule has 136 valence electrons. The second-order valence-corrected chi connectivity index (χ2v) is 7.60. The number of thiazole rings is 1. The summed E-state index contributed by atoms with van der Waals surface area (Å²) in [7, 11) is 5.58. The lowest BCUT2D eigenvalue weighted by atomic mass is 10.1. The number of methoxy groups -OCH3 is 2. The zero-order valence-electron chi connectivity index (χ0n) is 15.5. The van der Waals surface area contributed by atoms with E-state index in [-0.39, 0.29) is 0 Å². The Morgan fingerprint density at radius 3 is 2.56 bits per heavy atom. The van der Waals surface area contributed by atoms with Crippen molar-refractivity contribution in [3.8, 4) is 22.1 Å². The van der Waals surface area contributed by atoms with E-state index in [1.807, 2.05) is 18.2 Å². The molecule has 1 aliphatic rings. The van der Waals surface area contributed by atoms with Gasteiger partial charge in [0.1, 0.15) is 5.01 Å². The lowest BCUT2D eigenvalue weighted by molar-refractivity contribution is 0.211. The van der Waals surface area contributed by atoms with Gasteiger partial charge in [-0.1, -0.05) is 31.7 Å². The van der Waals surface area contributed by atoms with Crippen LogP contribution in [-0.2, 0) is 6.54 Å². The molecule has 0 radical (unpaired) electrons. The van der Waals surface area contributed by atoms with Crippen molar-refractivity contribution in [2.75, 3.05) is 21.3 Å². The molecule has 0 N–H and O–H groups in total. The lowest BCUT2D eigenvalue weighted by Crippen LogP contribution is -2.30. The zero-order chi connectivity index (χ0) is 17.6. The highest BCUT2D eigenvalue weighted by Gasteiger charge is 2.19. The van der Waals surface area contributed by atoms with E-state index in [4.69, 9.17) is 14.5 Å². The van der Waals surface area contributed by atoms with Crippen LogP contribution in [0.5, 0.6) is 11.5 Å². The number of para-hydroxylation sites is 1.